The summed E-state index contributed by atoms with van der Waals surface area (Å²) in [6.45, 7) is 11.0. The lowest BCUT2D eigenvalue weighted by molar-refractivity contribution is 0.409. The predicted molar refractivity (Wildman–Crippen MR) is 84.3 cm³/mol. The summed E-state index contributed by atoms with van der Waals surface area (Å²) in [7, 11) is 0. The maximum atomic E-state index is 4.16. The molecule has 0 fully saturated rings. The average molecular weight is 257 g/mol. The molecule has 1 rings (SSSR count). The van der Waals surface area contributed by atoms with Gasteiger partial charge in [0, 0.05) is 17.8 Å². The molecule has 0 saturated heterocycles. The second-order valence-corrected chi connectivity index (χ2v) is 5.67. The molecule has 1 heterocycles. The van der Waals surface area contributed by atoms with E-state index in [-0.39, 0.29) is 5.41 Å². The largest absolute Gasteiger partial charge is 0.265 e. The first kappa shape index (κ1) is 15.7. The molecule has 0 aliphatic heterocycles. The van der Waals surface area contributed by atoms with E-state index < -0.39 is 0 Å². The third-order valence-corrected chi connectivity index (χ3v) is 3.98. The fourth-order valence-corrected chi connectivity index (χ4v) is 2.51. The molecule has 0 radical (unpaired) electrons. The number of hydrogen-bond donors (Lipinski definition) is 0. The average Bonchev–Trinajstić information content (AvgIpc) is 2.44. The van der Waals surface area contributed by atoms with Crippen LogP contribution in [0.3, 0.4) is 0 Å². The van der Waals surface area contributed by atoms with Crippen molar-refractivity contribution < 1.29 is 0 Å². The van der Waals surface area contributed by atoms with Gasteiger partial charge in [-0.1, -0.05) is 30.2 Å². The molecule has 1 atom stereocenters. The predicted octanol–water partition coefficient (Wildman–Crippen LogP) is 5.44. The second kappa shape index (κ2) is 7.28. The van der Waals surface area contributed by atoms with Gasteiger partial charge in [0.25, 0.3) is 0 Å². The van der Waals surface area contributed by atoms with Gasteiger partial charge in [0.2, 0.25) is 0 Å². The van der Waals surface area contributed by atoms with E-state index in [2.05, 4.69) is 63.9 Å². The molecule has 0 N–H and O–H groups in total. The monoisotopic (exact) mass is 257 g/mol. The van der Waals surface area contributed by atoms with Crippen LogP contribution in [0.15, 0.2) is 47.8 Å². The molecule has 1 nitrogen and oxygen atoms in total. The van der Waals surface area contributed by atoms with Crippen LogP contribution in [0.25, 0.3) is 0 Å². The van der Waals surface area contributed by atoms with E-state index in [1.165, 1.54) is 16.7 Å². The normalized spacial score (nSPS) is 14.9. The first-order valence-corrected chi connectivity index (χ1v) is 7.19. The first-order valence-electron chi connectivity index (χ1n) is 7.19. The van der Waals surface area contributed by atoms with E-state index in [1.807, 2.05) is 12.4 Å². The Morgan fingerprint density at radius 3 is 2.32 bits per heavy atom. The highest BCUT2D eigenvalue weighted by Crippen LogP contribution is 2.38. The van der Waals surface area contributed by atoms with E-state index in [9.17, 15) is 0 Å². The third-order valence-electron chi connectivity index (χ3n) is 3.98. The van der Waals surface area contributed by atoms with Crippen molar-refractivity contribution in [3.8, 4) is 0 Å². The summed E-state index contributed by atoms with van der Waals surface area (Å²) in [6, 6.07) is 4.34. The molecular weight excluding hydrogens is 230 g/mol. The molecule has 104 valence electrons. The summed E-state index contributed by atoms with van der Waals surface area (Å²) in [6.07, 6.45) is 11.8. The van der Waals surface area contributed by atoms with Gasteiger partial charge < -0.3 is 0 Å². The zero-order valence-corrected chi connectivity index (χ0v) is 13.0. The van der Waals surface area contributed by atoms with Gasteiger partial charge in [-0.25, -0.2) is 0 Å². The quantitative estimate of drug-likeness (QED) is 0.618. The van der Waals surface area contributed by atoms with E-state index in [0.717, 1.165) is 19.3 Å². The summed E-state index contributed by atoms with van der Waals surface area (Å²) in [5.41, 5.74) is 4.46. The number of hydrogen-bond acceptors (Lipinski definition) is 1. The number of rotatable bonds is 6. The van der Waals surface area contributed by atoms with Crippen LogP contribution in [-0.2, 0) is 5.41 Å². The van der Waals surface area contributed by atoms with Crippen LogP contribution >= 0.6 is 0 Å². The number of nitrogens with zero attached hydrogens (tertiary/aromatic N) is 1. The van der Waals surface area contributed by atoms with Crippen molar-refractivity contribution in [3.63, 3.8) is 0 Å². The van der Waals surface area contributed by atoms with Crippen LogP contribution in [0, 0.1) is 0 Å². The molecule has 19 heavy (non-hydrogen) atoms. The maximum Gasteiger partial charge on any atom is 0.0270 e. The van der Waals surface area contributed by atoms with Crippen LogP contribution in [0.2, 0.25) is 0 Å². The fourth-order valence-electron chi connectivity index (χ4n) is 2.51. The first-order chi connectivity index (χ1) is 9.04. The zero-order chi connectivity index (χ0) is 14.3. The molecule has 0 amide bonds. The van der Waals surface area contributed by atoms with Gasteiger partial charge in [-0.05, 0) is 64.7 Å². The zero-order valence-electron chi connectivity index (χ0n) is 13.0. The van der Waals surface area contributed by atoms with Gasteiger partial charge in [-0.15, -0.1) is 0 Å². The topological polar surface area (TPSA) is 12.9 Å². The van der Waals surface area contributed by atoms with Gasteiger partial charge in [-0.3, -0.25) is 4.98 Å². The van der Waals surface area contributed by atoms with Crippen LogP contribution in [-0.4, -0.2) is 4.98 Å². The van der Waals surface area contributed by atoms with Crippen molar-refractivity contribution in [1.29, 1.82) is 0 Å². The lowest BCUT2D eigenvalue weighted by Gasteiger charge is -2.33. The Morgan fingerprint density at radius 1 is 1.21 bits per heavy atom. The minimum absolute atomic E-state index is 0.205. The Morgan fingerprint density at radius 2 is 1.84 bits per heavy atom. The molecule has 1 aromatic heterocycles. The highest BCUT2D eigenvalue weighted by Gasteiger charge is 2.29. The van der Waals surface area contributed by atoms with Crippen LogP contribution in [0.1, 0.15) is 59.4 Å². The molecule has 0 aromatic carbocycles. The molecule has 1 heteroatoms. The highest BCUT2D eigenvalue weighted by molar-refractivity contribution is 5.27. The van der Waals surface area contributed by atoms with Gasteiger partial charge in [0.1, 0.15) is 0 Å². The Balaban J connectivity index is 3.17. The molecular formula is C18H27N. The maximum absolute atomic E-state index is 4.16. The molecule has 0 spiro atoms. The summed E-state index contributed by atoms with van der Waals surface area (Å²) in [5.74, 6) is 0. The fraction of sp³-hybridized carbons (Fsp3) is 0.500. The van der Waals surface area contributed by atoms with Gasteiger partial charge >= 0.3 is 0 Å². The minimum Gasteiger partial charge on any atom is -0.265 e. The van der Waals surface area contributed by atoms with E-state index in [4.69, 9.17) is 0 Å². The van der Waals surface area contributed by atoms with Crippen LogP contribution < -0.4 is 0 Å². The molecule has 1 aromatic rings. The number of aromatic nitrogens is 1. The van der Waals surface area contributed by atoms with Crippen molar-refractivity contribution in [2.75, 3.05) is 0 Å². The third kappa shape index (κ3) is 4.34. The number of allylic oxidation sites excluding steroid dienone is 4. The Labute approximate surface area is 118 Å². The standard InChI is InChI=1S/C18H27N/c1-6-16(5)14-18(7-2,11-8-15(3)4)17-9-12-19-13-10-17/h6,8-10,12-13H,7,11,14H2,1-5H3. The Hall–Kier alpha value is -1.37. The SMILES string of the molecule is CC=C(C)CC(CC)(CC=C(C)C)c1ccncc1. The lowest BCUT2D eigenvalue weighted by Crippen LogP contribution is -2.25. The van der Waals surface area contributed by atoms with Crippen molar-refractivity contribution >= 4 is 0 Å². The minimum atomic E-state index is 0.205. The number of pyridine rings is 1. The van der Waals surface area contributed by atoms with Crippen LogP contribution in [0.4, 0.5) is 0 Å². The van der Waals surface area contributed by atoms with E-state index >= 15 is 0 Å². The molecule has 0 bridgehead atoms. The van der Waals surface area contributed by atoms with Crippen molar-refractivity contribution in [2.24, 2.45) is 0 Å². The summed E-state index contributed by atoms with van der Waals surface area (Å²) in [4.78, 5) is 4.16. The summed E-state index contributed by atoms with van der Waals surface area (Å²) in [5, 5.41) is 0. The van der Waals surface area contributed by atoms with Crippen molar-refractivity contribution in [2.45, 2.75) is 59.3 Å². The van der Waals surface area contributed by atoms with Gasteiger partial charge in [0.05, 0.1) is 0 Å². The van der Waals surface area contributed by atoms with Crippen molar-refractivity contribution in [1.82, 2.24) is 4.98 Å². The smallest absolute Gasteiger partial charge is 0.0270 e. The van der Waals surface area contributed by atoms with Gasteiger partial charge in [0.15, 0.2) is 0 Å². The highest BCUT2D eigenvalue weighted by atomic mass is 14.6. The van der Waals surface area contributed by atoms with Crippen molar-refractivity contribution in [3.05, 3.63) is 53.4 Å². The van der Waals surface area contributed by atoms with Gasteiger partial charge in [-0.2, -0.15) is 0 Å². The van der Waals surface area contributed by atoms with Crippen LogP contribution in [0.5, 0.6) is 0 Å². The summed E-state index contributed by atoms with van der Waals surface area (Å²) >= 11 is 0. The Bertz CT molecular complexity index is 438. The molecule has 1 unspecified atom stereocenters. The summed E-state index contributed by atoms with van der Waals surface area (Å²) < 4.78 is 0. The van der Waals surface area contributed by atoms with E-state index in [0.29, 0.717) is 0 Å². The molecule has 0 aliphatic rings. The lowest BCUT2D eigenvalue weighted by atomic mass is 9.71. The Kier molecular flexibility index (Phi) is 6.01. The second-order valence-electron chi connectivity index (χ2n) is 5.67. The van der Waals surface area contributed by atoms with E-state index in [1.54, 1.807) is 0 Å². The molecule has 0 aliphatic carbocycles. The molecule has 0 saturated carbocycles.